The largest absolute Gasteiger partial charge is 0.474 e. The second-order valence-corrected chi connectivity index (χ2v) is 10.7. The minimum absolute atomic E-state index is 0.00616. The number of nitrogens with one attached hydrogen (secondary N) is 1. The zero-order chi connectivity index (χ0) is 24.3. The molecule has 0 saturated heterocycles. The van der Waals surface area contributed by atoms with Gasteiger partial charge in [-0.05, 0) is 68.9 Å². The van der Waals surface area contributed by atoms with Gasteiger partial charge in [-0.15, -0.1) is 0 Å². The van der Waals surface area contributed by atoms with Gasteiger partial charge < -0.3 is 15.0 Å². The molecule has 8 heteroatoms. The first-order valence-corrected chi connectivity index (χ1v) is 13.3. The van der Waals surface area contributed by atoms with Gasteiger partial charge in [0.15, 0.2) is 0 Å². The molecule has 0 spiro atoms. The first-order valence-electron chi connectivity index (χ1n) is 13.3. The van der Waals surface area contributed by atoms with Gasteiger partial charge in [0.1, 0.15) is 11.8 Å². The quantitative estimate of drug-likeness (QED) is 0.622. The molecule has 190 valence electrons. The van der Waals surface area contributed by atoms with Crippen LogP contribution >= 0.6 is 0 Å². The maximum absolute atomic E-state index is 15.6. The van der Waals surface area contributed by atoms with Crippen LogP contribution in [0.2, 0.25) is 0 Å². The summed E-state index contributed by atoms with van der Waals surface area (Å²) in [6, 6.07) is 4.25. The molecule has 3 aliphatic rings. The molecule has 5 rings (SSSR count). The summed E-state index contributed by atoms with van der Waals surface area (Å²) in [4.78, 5) is 19.5. The Balaban J connectivity index is 1.04. The van der Waals surface area contributed by atoms with Crippen LogP contribution in [0, 0.1) is 0 Å². The number of rotatable bonds is 8. The van der Waals surface area contributed by atoms with Crippen molar-refractivity contribution in [2.75, 3.05) is 19.6 Å². The van der Waals surface area contributed by atoms with E-state index in [1.54, 1.807) is 10.9 Å². The topological polar surface area (TPSA) is 72.3 Å². The molecule has 2 saturated carbocycles. The first kappa shape index (κ1) is 24.2. The number of amides is 1. The zero-order valence-electron chi connectivity index (χ0n) is 20.8. The lowest BCUT2D eigenvalue weighted by atomic mass is 9.81. The van der Waals surface area contributed by atoms with Crippen LogP contribution in [0.5, 0.6) is 5.88 Å². The van der Waals surface area contributed by atoms with E-state index in [0.717, 1.165) is 62.5 Å². The molecule has 2 fully saturated rings. The highest BCUT2D eigenvalue weighted by atomic mass is 19.1. The molecule has 0 bridgehead atoms. The molecule has 3 heterocycles. The third-order valence-electron chi connectivity index (χ3n) is 7.99. The molecule has 1 aliphatic heterocycles. The van der Waals surface area contributed by atoms with Crippen LogP contribution in [-0.4, -0.2) is 63.0 Å². The fraction of sp³-hybridized carbons (Fsp3) is 0.667. The molecule has 0 aromatic carbocycles. The Hall–Kier alpha value is -2.48. The third kappa shape index (κ3) is 6.40. The Morgan fingerprint density at radius 1 is 1.20 bits per heavy atom. The highest BCUT2D eigenvalue weighted by Crippen LogP contribution is 2.35. The first-order chi connectivity index (χ1) is 16.9. The van der Waals surface area contributed by atoms with E-state index >= 15 is 4.39 Å². The van der Waals surface area contributed by atoms with Crippen LogP contribution < -0.4 is 10.1 Å². The van der Waals surface area contributed by atoms with Crippen molar-refractivity contribution in [1.82, 2.24) is 25.0 Å². The van der Waals surface area contributed by atoms with E-state index in [1.165, 1.54) is 12.0 Å². The summed E-state index contributed by atoms with van der Waals surface area (Å²) >= 11 is 0. The van der Waals surface area contributed by atoms with Crippen LogP contribution in [-0.2, 0) is 31.1 Å². The van der Waals surface area contributed by atoms with Crippen molar-refractivity contribution in [3.8, 4) is 5.88 Å². The number of aryl methyl sites for hydroxylation is 1. The molecule has 2 aromatic rings. The second kappa shape index (κ2) is 10.6. The Bertz CT molecular complexity index is 1010. The van der Waals surface area contributed by atoms with Gasteiger partial charge in [-0.1, -0.05) is 6.07 Å². The summed E-state index contributed by atoms with van der Waals surface area (Å²) in [5, 5.41) is 7.20. The molecule has 2 aliphatic carbocycles. The van der Waals surface area contributed by atoms with E-state index < -0.39 is 5.67 Å². The number of nitrogens with zero attached hydrogens (tertiary/aromatic N) is 4. The van der Waals surface area contributed by atoms with E-state index in [9.17, 15) is 4.79 Å². The van der Waals surface area contributed by atoms with E-state index in [4.69, 9.17) is 9.72 Å². The number of hydrogen-bond donors (Lipinski definition) is 1. The lowest BCUT2D eigenvalue weighted by Gasteiger charge is -2.35. The number of halogens is 1. The standard InChI is InChI=1S/C27H38FN5O2/c1-32-19-20(18-29-32)17-25(34)30-22-7-11-27(28,12-8-22)13-16-33-14-9-21-5-6-26(31-24(21)10-15-33)35-23-3-2-4-23/h5-6,18-19,22-23H,2-4,7-17H2,1H3,(H,30,34). The fourth-order valence-electron chi connectivity index (χ4n) is 5.47. The van der Waals surface area contributed by atoms with E-state index in [1.807, 2.05) is 19.3 Å². The number of alkyl halides is 1. The van der Waals surface area contributed by atoms with Crippen LogP contribution in [0.15, 0.2) is 24.5 Å². The average Bonchev–Trinajstić information content (AvgIpc) is 3.10. The summed E-state index contributed by atoms with van der Waals surface area (Å²) in [7, 11) is 1.84. The van der Waals surface area contributed by atoms with Crippen molar-refractivity contribution in [3.63, 3.8) is 0 Å². The minimum atomic E-state index is -1.13. The molecule has 1 amide bonds. The highest BCUT2D eigenvalue weighted by Gasteiger charge is 2.36. The number of ether oxygens (including phenoxy) is 1. The van der Waals surface area contributed by atoms with Crippen LogP contribution in [0.3, 0.4) is 0 Å². The average molecular weight is 484 g/mol. The van der Waals surface area contributed by atoms with Crippen molar-refractivity contribution in [3.05, 3.63) is 41.3 Å². The van der Waals surface area contributed by atoms with Gasteiger partial charge in [0.25, 0.3) is 0 Å². The zero-order valence-corrected chi connectivity index (χ0v) is 20.8. The molecule has 0 atom stereocenters. The summed E-state index contributed by atoms with van der Waals surface area (Å²) in [6.07, 6.45) is 12.6. The van der Waals surface area contributed by atoms with Crippen LogP contribution in [0.4, 0.5) is 4.39 Å². The van der Waals surface area contributed by atoms with Gasteiger partial charge in [0, 0.05) is 57.1 Å². The van der Waals surface area contributed by atoms with Crippen molar-refractivity contribution < 1.29 is 13.9 Å². The monoisotopic (exact) mass is 483 g/mol. The minimum Gasteiger partial charge on any atom is -0.474 e. The highest BCUT2D eigenvalue weighted by molar-refractivity contribution is 5.78. The number of hydrogen-bond acceptors (Lipinski definition) is 5. The number of aromatic nitrogens is 3. The molecule has 0 unspecified atom stereocenters. The Morgan fingerprint density at radius 2 is 2.00 bits per heavy atom. The molecule has 7 nitrogen and oxygen atoms in total. The van der Waals surface area contributed by atoms with Crippen molar-refractivity contribution in [2.24, 2.45) is 7.05 Å². The van der Waals surface area contributed by atoms with Crippen LogP contribution in [0.1, 0.15) is 68.2 Å². The Kier molecular flexibility index (Phi) is 7.37. The normalized spacial score (nSPS) is 25.4. The summed E-state index contributed by atoms with van der Waals surface area (Å²) in [5.41, 5.74) is 2.21. The SMILES string of the molecule is Cn1cc(CC(=O)NC2CCC(F)(CCN3CCc4ccc(OC5CCC5)nc4CC3)CC2)cn1. The van der Waals surface area contributed by atoms with Gasteiger partial charge in [-0.3, -0.25) is 9.48 Å². The predicted octanol–water partition coefficient (Wildman–Crippen LogP) is 3.55. The van der Waals surface area contributed by atoms with Gasteiger partial charge in [-0.2, -0.15) is 5.10 Å². The van der Waals surface area contributed by atoms with Crippen molar-refractivity contribution in [1.29, 1.82) is 0 Å². The number of fused-ring (bicyclic) bond motifs is 1. The number of pyridine rings is 1. The Labute approximate surface area is 207 Å². The van der Waals surface area contributed by atoms with E-state index in [0.29, 0.717) is 44.6 Å². The fourth-order valence-corrected chi connectivity index (χ4v) is 5.47. The number of carbonyl (C=O) groups is 1. The smallest absolute Gasteiger partial charge is 0.224 e. The predicted molar refractivity (Wildman–Crippen MR) is 132 cm³/mol. The van der Waals surface area contributed by atoms with Gasteiger partial charge in [0.2, 0.25) is 11.8 Å². The van der Waals surface area contributed by atoms with E-state index in [2.05, 4.69) is 21.4 Å². The van der Waals surface area contributed by atoms with Gasteiger partial charge >= 0.3 is 0 Å². The van der Waals surface area contributed by atoms with Crippen LogP contribution in [0.25, 0.3) is 0 Å². The molecule has 1 N–H and O–H groups in total. The molecule has 0 radical (unpaired) electrons. The van der Waals surface area contributed by atoms with E-state index in [-0.39, 0.29) is 11.9 Å². The van der Waals surface area contributed by atoms with Gasteiger partial charge in [0.05, 0.1) is 12.6 Å². The summed E-state index contributed by atoms with van der Waals surface area (Å²) in [6.45, 7) is 2.63. The summed E-state index contributed by atoms with van der Waals surface area (Å²) in [5.74, 6) is 0.752. The maximum atomic E-state index is 15.6. The lowest BCUT2D eigenvalue weighted by Crippen LogP contribution is -2.43. The molecular weight excluding hydrogens is 445 g/mol. The van der Waals surface area contributed by atoms with Gasteiger partial charge in [-0.25, -0.2) is 9.37 Å². The maximum Gasteiger partial charge on any atom is 0.224 e. The van der Waals surface area contributed by atoms with Crippen molar-refractivity contribution in [2.45, 2.75) is 88.4 Å². The molecular formula is C27H38FN5O2. The molecule has 2 aromatic heterocycles. The third-order valence-corrected chi connectivity index (χ3v) is 7.99. The Morgan fingerprint density at radius 3 is 2.71 bits per heavy atom. The molecule has 35 heavy (non-hydrogen) atoms. The van der Waals surface area contributed by atoms with Crippen molar-refractivity contribution >= 4 is 5.91 Å². The number of carbonyl (C=O) groups excluding carboxylic acids is 1. The second-order valence-electron chi connectivity index (χ2n) is 10.7. The summed E-state index contributed by atoms with van der Waals surface area (Å²) < 4.78 is 23.3. The lowest BCUT2D eigenvalue weighted by molar-refractivity contribution is -0.121.